The number of aliphatic carboxylic acids is 1. The number of nitrogens with one attached hydrogen (secondary N) is 2. The first-order valence-corrected chi connectivity index (χ1v) is 9.99. The van der Waals surface area contributed by atoms with Crippen LogP contribution in [0, 0.1) is 5.41 Å². The van der Waals surface area contributed by atoms with E-state index in [4.69, 9.17) is 20.6 Å². The van der Waals surface area contributed by atoms with Crippen LogP contribution in [0.25, 0.3) is 0 Å². The highest BCUT2D eigenvalue weighted by molar-refractivity contribution is 5.94. The summed E-state index contributed by atoms with van der Waals surface area (Å²) in [6, 6.07) is 11.9. The average Bonchev–Trinajstić information content (AvgIpc) is 2.75. The number of aryl methyl sites for hydroxylation is 1. The van der Waals surface area contributed by atoms with Crippen molar-refractivity contribution < 1.29 is 24.2 Å². The van der Waals surface area contributed by atoms with Crippen LogP contribution in [0.4, 0.5) is 0 Å². The molecule has 0 heterocycles. The third-order valence-electron chi connectivity index (χ3n) is 4.87. The first kappa shape index (κ1) is 23.7. The minimum Gasteiger partial charge on any atom is -0.497 e. The number of nitrogens with two attached hydrogens (primary N) is 1. The number of carbonyl (C=O) groups excluding carboxylic acids is 1. The van der Waals surface area contributed by atoms with E-state index in [1.807, 2.05) is 24.3 Å². The van der Waals surface area contributed by atoms with Crippen LogP contribution in [0.15, 0.2) is 42.5 Å². The molecule has 0 saturated carbocycles. The number of carboxylic acids is 1. The average molecular weight is 428 g/mol. The Labute approximate surface area is 181 Å². The van der Waals surface area contributed by atoms with Crippen LogP contribution in [0.3, 0.4) is 0 Å². The maximum atomic E-state index is 12.4. The lowest BCUT2D eigenvalue weighted by atomic mass is 10.0. The molecule has 2 aromatic carbocycles. The van der Waals surface area contributed by atoms with Gasteiger partial charge >= 0.3 is 5.97 Å². The minimum atomic E-state index is -1.01. The number of benzene rings is 2. The van der Waals surface area contributed by atoms with Crippen LogP contribution in [0.1, 0.15) is 48.4 Å². The van der Waals surface area contributed by atoms with Gasteiger partial charge in [0, 0.05) is 18.1 Å². The number of hydrogen-bond acceptors (Lipinski definition) is 5. The van der Waals surface area contributed by atoms with E-state index in [0.29, 0.717) is 35.5 Å². The molecule has 0 aliphatic rings. The van der Waals surface area contributed by atoms with E-state index in [9.17, 15) is 14.7 Å². The van der Waals surface area contributed by atoms with Crippen molar-refractivity contribution in [3.05, 3.63) is 59.2 Å². The fraction of sp³-hybridized carbons (Fsp3) is 0.348. The maximum Gasteiger partial charge on any atom is 0.305 e. The van der Waals surface area contributed by atoms with Gasteiger partial charge in [0.05, 0.1) is 26.7 Å². The maximum absolute atomic E-state index is 12.4. The van der Waals surface area contributed by atoms with Crippen LogP contribution in [-0.4, -0.2) is 37.0 Å². The fourth-order valence-corrected chi connectivity index (χ4v) is 3.19. The van der Waals surface area contributed by atoms with E-state index in [0.717, 1.165) is 18.4 Å². The van der Waals surface area contributed by atoms with Gasteiger partial charge in [-0.25, -0.2) is 0 Å². The second-order valence-electron chi connectivity index (χ2n) is 7.18. The molecule has 0 spiro atoms. The van der Waals surface area contributed by atoms with Crippen molar-refractivity contribution in [3.63, 3.8) is 0 Å². The molecule has 1 amide bonds. The minimum absolute atomic E-state index is 0.0350. The van der Waals surface area contributed by atoms with E-state index in [1.54, 1.807) is 18.2 Å². The molecule has 0 saturated heterocycles. The Hall–Kier alpha value is -3.55. The standard InChI is InChI=1S/C23H29N3O5/c1-30-18-11-17(12-19(13-18)31-2)20(14-22(28)29)26-21(27)6-4-3-5-15-7-9-16(10-8-15)23(24)25/h7-13,20H,3-6,14H2,1-2H3,(H3,24,25)(H,26,27)(H,28,29). The van der Waals surface area contributed by atoms with Gasteiger partial charge in [0.25, 0.3) is 0 Å². The molecule has 2 aromatic rings. The van der Waals surface area contributed by atoms with Crippen LogP contribution in [-0.2, 0) is 16.0 Å². The smallest absolute Gasteiger partial charge is 0.305 e. The highest BCUT2D eigenvalue weighted by Gasteiger charge is 2.19. The molecule has 0 aliphatic carbocycles. The number of carboxylic acid groups (broad SMARTS) is 1. The van der Waals surface area contributed by atoms with Crippen LogP contribution in [0.2, 0.25) is 0 Å². The highest BCUT2D eigenvalue weighted by Crippen LogP contribution is 2.28. The highest BCUT2D eigenvalue weighted by atomic mass is 16.5. The van der Waals surface area contributed by atoms with E-state index in [1.165, 1.54) is 14.2 Å². The molecule has 2 rings (SSSR count). The van der Waals surface area contributed by atoms with Crippen molar-refractivity contribution >= 4 is 17.7 Å². The van der Waals surface area contributed by atoms with E-state index in [2.05, 4.69) is 5.32 Å². The van der Waals surface area contributed by atoms with Crippen LogP contribution < -0.4 is 20.5 Å². The first-order valence-electron chi connectivity index (χ1n) is 9.99. The van der Waals surface area contributed by atoms with E-state index >= 15 is 0 Å². The number of ether oxygens (including phenoxy) is 2. The summed E-state index contributed by atoms with van der Waals surface area (Å²) >= 11 is 0. The normalized spacial score (nSPS) is 11.4. The number of amides is 1. The lowest BCUT2D eigenvalue weighted by Gasteiger charge is -2.19. The molecule has 8 heteroatoms. The Morgan fingerprint density at radius 3 is 2.19 bits per heavy atom. The molecule has 0 aromatic heterocycles. The molecule has 0 bridgehead atoms. The molecule has 1 unspecified atom stereocenters. The lowest BCUT2D eigenvalue weighted by molar-refractivity contribution is -0.137. The monoisotopic (exact) mass is 427 g/mol. The number of hydrogen-bond donors (Lipinski definition) is 4. The number of amidine groups is 1. The summed E-state index contributed by atoms with van der Waals surface area (Å²) in [5.74, 6) is -0.140. The van der Waals surface area contributed by atoms with Crippen LogP contribution >= 0.6 is 0 Å². The predicted octanol–water partition coefficient (Wildman–Crippen LogP) is 3.03. The van der Waals surface area contributed by atoms with Gasteiger partial charge in [-0.3, -0.25) is 15.0 Å². The Kier molecular flexibility index (Phi) is 8.87. The third kappa shape index (κ3) is 7.65. The van der Waals surface area contributed by atoms with E-state index in [-0.39, 0.29) is 18.2 Å². The quantitative estimate of drug-likeness (QED) is 0.234. The number of rotatable bonds is 12. The van der Waals surface area contributed by atoms with Gasteiger partial charge in [-0.2, -0.15) is 0 Å². The summed E-state index contributed by atoms with van der Waals surface area (Å²) in [7, 11) is 3.02. The number of nitrogen functional groups attached to an aromatic ring is 1. The van der Waals surface area contributed by atoms with Crippen molar-refractivity contribution in [2.24, 2.45) is 5.73 Å². The van der Waals surface area contributed by atoms with Crippen molar-refractivity contribution in [1.29, 1.82) is 5.41 Å². The lowest BCUT2D eigenvalue weighted by Crippen LogP contribution is -2.30. The largest absolute Gasteiger partial charge is 0.497 e. The number of carbonyl (C=O) groups is 2. The summed E-state index contributed by atoms with van der Waals surface area (Å²) in [4.78, 5) is 23.8. The SMILES string of the molecule is COc1cc(OC)cc(C(CC(=O)O)NC(=O)CCCCc2ccc(C(=N)N)cc2)c1. The molecule has 0 fully saturated rings. The second-order valence-corrected chi connectivity index (χ2v) is 7.18. The van der Waals surface area contributed by atoms with Crippen molar-refractivity contribution in [2.75, 3.05) is 14.2 Å². The van der Waals surface area contributed by atoms with Gasteiger partial charge in [-0.05, 0) is 42.5 Å². The van der Waals surface area contributed by atoms with Crippen LogP contribution in [0.5, 0.6) is 11.5 Å². The Bertz CT molecular complexity index is 890. The predicted molar refractivity (Wildman–Crippen MR) is 118 cm³/mol. The molecule has 0 radical (unpaired) electrons. The molecular weight excluding hydrogens is 398 g/mol. The topological polar surface area (TPSA) is 135 Å². The summed E-state index contributed by atoms with van der Waals surface area (Å²) in [5.41, 5.74) is 7.85. The summed E-state index contributed by atoms with van der Waals surface area (Å²) in [6.45, 7) is 0. The molecule has 31 heavy (non-hydrogen) atoms. The van der Waals surface area contributed by atoms with Crippen molar-refractivity contribution in [3.8, 4) is 11.5 Å². The molecule has 166 valence electrons. The molecule has 8 nitrogen and oxygen atoms in total. The molecule has 1 atom stereocenters. The molecule has 5 N–H and O–H groups in total. The molecular formula is C23H29N3O5. The zero-order valence-corrected chi connectivity index (χ0v) is 17.8. The molecule has 0 aliphatic heterocycles. The zero-order valence-electron chi connectivity index (χ0n) is 17.8. The third-order valence-corrected chi connectivity index (χ3v) is 4.87. The van der Waals surface area contributed by atoms with Gasteiger partial charge in [0.1, 0.15) is 17.3 Å². The first-order chi connectivity index (χ1) is 14.8. The summed E-state index contributed by atoms with van der Waals surface area (Å²) in [6.07, 6.45) is 2.33. The Morgan fingerprint density at radius 2 is 1.68 bits per heavy atom. The van der Waals surface area contributed by atoms with Crippen molar-refractivity contribution in [2.45, 2.75) is 38.1 Å². The van der Waals surface area contributed by atoms with Gasteiger partial charge in [-0.15, -0.1) is 0 Å². The van der Waals surface area contributed by atoms with Gasteiger partial charge in [0.15, 0.2) is 0 Å². The summed E-state index contributed by atoms with van der Waals surface area (Å²) in [5, 5.41) is 19.5. The Morgan fingerprint density at radius 1 is 1.06 bits per heavy atom. The fourth-order valence-electron chi connectivity index (χ4n) is 3.19. The Balaban J connectivity index is 1.92. The number of unbranched alkanes of at least 4 members (excludes halogenated alkanes) is 1. The van der Waals surface area contributed by atoms with Gasteiger partial charge in [0.2, 0.25) is 5.91 Å². The number of methoxy groups -OCH3 is 2. The van der Waals surface area contributed by atoms with E-state index < -0.39 is 12.0 Å². The van der Waals surface area contributed by atoms with Crippen molar-refractivity contribution in [1.82, 2.24) is 5.32 Å². The second kappa shape index (κ2) is 11.6. The summed E-state index contributed by atoms with van der Waals surface area (Å²) < 4.78 is 10.5. The zero-order chi connectivity index (χ0) is 22.8. The van der Waals surface area contributed by atoms with Gasteiger partial charge < -0.3 is 25.6 Å². The van der Waals surface area contributed by atoms with Gasteiger partial charge in [-0.1, -0.05) is 24.3 Å².